The number of amides is 1. The Hall–Kier alpha value is -1.05. The zero-order valence-electron chi connectivity index (χ0n) is 12.0. The number of rotatable bonds is 6. The second-order valence-electron chi connectivity index (χ2n) is 5.32. The van der Waals surface area contributed by atoms with Gasteiger partial charge in [-0.15, -0.1) is 0 Å². The summed E-state index contributed by atoms with van der Waals surface area (Å²) in [7, 11) is 3.08. The molecular weight excluding hydrogens is 316 g/mol. The smallest absolute Gasteiger partial charge is 0.268 e. The van der Waals surface area contributed by atoms with E-state index in [4.69, 9.17) is 15.4 Å². The summed E-state index contributed by atoms with van der Waals surface area (Å²) in [5, 5.41) is 2.78. The molecule has 0 radical (unpaired) electrons. The minimum Gasteiger partial charge on any atom is -0.383 e. The molecule has 1 heterocycles. The van der Waals surface area contributed by atoms with Crippen LogP contribution >= 0.6 is 10.7 Å². The van der Waals surface area contributed by atoms with Gasteiger partial charge in [-0.3, -0.25) is 4.79 Å². The van der Waals surface area contributed by atoms with Crippen molar-refractivity contribution in [3.05, 3.63) is 18.0 Å². The Bertz CT molecular complexity index is 622. The molecule has 0 bridgehead atoms. The molecule has 2 rings (SSSR count). The first-order valence-electron chi connectivity index (χ1n) is 6.79. The fourth-order valence-corrected chi connectivity index (χ4v) is 3.07. The van der Waals surface area contributed by atoms with E-state index in [9.17, 15) is 13.2 Å². The van der Waals surface area contributed by atoms with Gasteiger partial charge in [0, 0.05) is 36.1 Å². The van der Waals surface area contributed by atoms with Crippen molar-refractivity contribution in [3.63, 3.8) is 0 Å². The topological polar surface area (TPSA) is 77.4 Å². The molecule has 1 unspecified atom stereocenters. The molecule has 1 aliphatic carbocycles. The fraction of sp³-hybridized carbons (Fsp3) is 0.615. The van der Waals surface area contributed by atoms with Crippen LogP contribution in [0.15, 0.2) is 17.2 Å². The van der Waals surface area contributed by atoms with Crippen molar-refractivity contribution in [2.45, 2.75) is 43.2 Å². The highest BCUT2D eigenvalue weighted by Gasteiger charge is 2.27. The molecule has 1 aliphatic rings. The molecule has 1 atom stereocenters. The number of halogens is 1. The molecular formula is C13H19ClN2O4S. The first-order chi connectivity index (χ1) is 9.82. The summed E-state index contributed by atoms with van der Waals surface area (Å²) in [6.07, 6.45) is 4.39. The number of methoxy groups -OCH3 is 1. The van der Waals surface area contributed by atoms with Crippen LogP contribution in [0, 0.1) is 0 Å². The fourth-order valence-electron chi connectivity index (χ4n) is 2.33. The Labute approximate surface area is 128 Å². The van der Waals surface area contributed by atoms with E-state index in [0.717, 1.165) is 19.3 Å². The highest BCUT2D eigenvalue weighted by atomic mass is 35.7. The van der Waals surface area contributed by atoms with Gasteiger partial charge in [-0.2, -0.15) is 0 Å². The van der Waals surface area contributed by atoms with Crippen LogP contribution in [0.4, 0.5) is 0 Å². The predicted molar refractivity (Wildman–Crippen MR) is 79.2 cm³/mol. The maximum atomic E-state index is 12.3. The highest BCUT2D eigenvalue weighted by molar-refractivity contribution is 8.13. The number of carbonyl (C=O) groups is 1. The average molecular weight is 335 g/mol. The molecule has 1 N–H and O–H groups in total. The molecule has 0 aliphatic heterocycles. The van der Waals surface area contributed by atoms with Crippen LogP contribution in [0.3, 0.4) is 0 Å². The number of hydrogen-bond acceptors (Lipinski definition) is 4. The van der Waals surface area contributed by atoms with E-state index >= 15 is 0 Å². The third-order valence-electron chi connectivity index (χ3n) is 3.60. The minimum atomic E-state index is -3.85. The Kier molecular flexibility index (Phi) is 4.95. The van der Waals surface area contributed by atoms with Crippen LogP contribution in [0.25, 0.3) is 0 Å². The molecule has 0 aromatic carbocycles. The van der Waals surface area contributed by atoms with Crippen molar-refractivity contribution < 1.29 is 17.9 Å². The quantitative estimate of drug-likeness (QED) is 0.806. The average Bonchev–Trinajstić information content (AvgIpc) is 2.71. The van der Waals surface area contributed by atoms with Gasteiger partial charge in [0.25, 0.3) is 15.0 Å². The summed E-state index contributed by atoms with van der Waals surface area (Å²) in [6, 6.07) is 1.33. The van der Waals surface area contributed by atoms with Crippen LogP contribution in [-0.2, 0) is 13.8 Å². The number of hydrogen-bond donors (Lipinski definition) is 1. The van der Waals surface area contributed by atoms with Crippen molar-refractivity contribution in [1.29, 1.82) is 0 Å². The minimum absolute atomic E-state index is 0.0411. The van der Waals surface area contributed by atoms with Crippen LogP contribution < -0.4 is 5.32 Å². The van der Waals surface area contributed by atoms with E-state index in [-0.39, 0.29) is 22.9 Å². The highest BCUT2D eigenvalue weighted by Crippen LogP contribution is 2.34. The number of nitrogens with zero attached hydrogens (tertiary/aromatic N) is 1. The monoisotopic (exact) mass is 334 g/mol. The van der Waals surface area contributed by atoms with Gasteiger partial charge in [0.1, 0.15) is 10.6 Å². The SMILES string of the molecule is COCC(C)NC(=O)c1cc(S(=O)(=O)Cl)cn1C1CCC1. The molecule has 118 valence electrons. The molecule has 1 saturated carbocycles. The Morgan fingerprint density at radius 3 is 2.71 bits per heavy atom. The molecule has 21 heavy (non-hydrogen) atoms. The number of nitrogens with one attached hydrogen (secondary N) is 1. The van der Waals surface area contributed by atoms with Gasteiger partial charge < -0.3 is 14.6 Å². The van der Waals surface area contributed by atoms with Gasteiger partial charge in [0.2, 0.25) is 0 Å². The third kappa shape index (κ3) is 3.78. The van der Waals surface area contributed by atoms with Gasteiger partial charge in [0.15, 0.2) is 0 Å². The Balaban J connectivity index is 2.28. The van der Waals surface area contributed by atoms with Crippen molar-refractivity contribution in [3.8, 4) is 0 Å². The normalized spacial score (nSPS) is 17.3. The van der Waals surface area contributed by atoms with Crippen LogP contribution in [0.1, 0.15) is 42.7 Å². The van der Waals surface area contributed by atoms with E-state index in [2.05, 4.69) is 5.32 Å². The van der Waals surface area contributed by atoms with Gasteiger partial charge in [0.05, 0.1) is 6.61 Å². The molecule has 1 aromatic heterocycles. The first kappa shape index (κ1) is 16.3. The van der Waals surface area contributed by atoms with Gasteiger partial charge in [-0.05, 0) is 32.3 Å². The molecule has 0 saturated heterocycles. The first-order valence-corrected chi connectivity index (χ1v) is 9.10. The van der Waals surface area contributed by atoms with E-state index in [1.54, 1.807) is 11.7 Å². The van der Waals surface area contributed by atoms with E-state index in [1.807, 2.05) is 6.92 Å². The van der Waals surface area contributed by atoms with Gasteiger partial charge in [-0.1, -0.05) is 0 Å². The predicted octanol–water partition coefficient (Wildman–Crippen LogP) is 1.91. The van der Waals surface area contributed by atoms with Gasteiger partial charge >= 0.3 is 0 Å². The van der Waals surface area contributed by atoms with Gasteiger partial charge in [-0.25, -0.2) is 8.42 Å². The summed E-state index contributed by atoms with van der Waals surface area (Å²) in [6.45, 7) is 2.20. The summed E-state index contributed by atoms with van der Waals surface area (Å²) in [5.74, 6) is -0.321. The van der Waals surface area contributed by atoms with Crippen LogP contribution in [0.5, 0.6) is 0 Å². The van der Waals surface area contributed by atoms with Crippen LogP contribution in [-0.4, -0.2) is 38.7 Å². The van der Waals surface area contributed by atoms with Crippen molar-refractivity contribution in [2.24, 2.45) is 0 Å². The summed E-state index contributed by atoms with van der Waals surface area (Å²) >= 11 is 0. The van der Waals surface area contributed by atoms with E-state index in [0.29, 0.717) is 12.3 Å². The molecule has 6 nitrogen and oxygen atoms in total. The zero-order chi connectivity index (χ0) is 15.6. The van der Waals surface area contributed by atoms with Crippen molar-refractivity contribution in [1.82, 2.24) is 9.88 Å². The third-order valence-corrected chi connectivity index (χ3v) is 4.92. The van der Waals surface area contributed by atoms with E-state index in [1.165, 1.54) is 12.3 Å². The van der Waals surface area contributed by atoms with E-state index < -0.39 is 9.05 Å². The summed E-state index contributed by atoms with van der Waals surface area (Å²) in [5.41, 5.74) is 0.321. The molecule has 1 aromatic rings. The molecule has 1 amide bonds. The second-order valence-corrected chi connectivity index (χ2v) is 7.89. The Morgan fingerprint density at radius 1 is 1.57 bits per heavy atom. The zero-order valence-corrected chi connectivity index (χ0v) is 13.6. The maximum absolute atomic E-state index is 12.3. The number of aromatic nitrogens is 1. The number of carbonyl (C=O) groups excluding carboxylic acids is 1. The number of ether oxygens (including phenoxy) is 1. The van der Waals surface area contributed by atoms with Crippen molar-refractivity contribution >= 4 is 25.6 Å². The maximum Gasteiger partial charge on any atom is 0.268 e. The molecule has 1 fully saturated rings. The van der Waals surface area contributed by atoms with Crippen molar-refractivity contribution in [2.75, 3.05) is 13.7 Å². The largest absolute Gasteiger partial charge is 0.383 e. The lowest BCUT2D eigenvalue weighted by molar-refractivity contribution is 0.0890. The molecule has 8 heteroatoms. The summed E-state index contributed by atoms with van der Waals surface area (Å²) in [4.78, 5) is 12.3. The lowest BCUT2D eigenvalue weighted by Gasteiger charge is -2.29. The molecule has 0 spiro atoms. The standard InChI is InChI=1S/C13H19ClN2O4S/c1-9(8-20-2)15-13(17)12-6-11(21(14,18)19)7-16(12)10-4-3-5-10/h6-7,9-10H,3-5,8H2,1-2H3,(H,15,17). The lowest BCUT2D eigenvalue weighted by Crippen LogP contribution is -2.37. The second kappa shape index (κ2) is 6.37. The Morgan fingerprint density at radius 2 is 2.24 bits per heavy atom. The summed E-state index contributed by atoms with van der Waals surface area (Å²) < 4.78 is 29.6. The lowest BCUT2D eigenvalue weighted by atomic mass is 9.93. The van der Waals surface area contributed by atoms with Crippen LogP contribution in [0.2, 0.25) is 0 Å².